The Kier molecular flexibility index (Phi) is 5.14. The number of anilines is 3. The topological polar surface area (TPSA) is 108 Å². The molecular formula is C20H21ClN6OS. The summed E-state index contributed by atoms with van der Waals surface area (Å²) in [6.07, 6.45) is 3.47. The van der Waals surface area contributed by atoms with Gasteiger partial charge in [-0.25, -0.2) is 9.97 Å². The number of carbonyl (C=O) groups is 1. The van der Waals surface area contributed by atoms with Crippen LogP contribution in [0, 0.1) is 11.3 Å². The average Bonchev–Trinajstić information content (AvgIpc) is 3.07. The molecule has 1 aromatic carbocycles. The van der Waals surface area contributed by atoms with Crippen LogP contribution in [0.4, 0.5) is 17.2 Å². The number of amides is 1. The van der Waals surface area contributed by atoms with Crippen molar-refractivity contribution in [3.05, 3.63) is 39.5 Å². The van der Waals surface area contributed by atoms with E-state index in [0.29, 0.717) is 40.9 Å². The molecule has 0 unspecified atom stereocenters. The summed E-state index contributed by atoms with van der Waals surface area (Å²) in [4.78, 5) is 25.2. The number of nitrogens with zero attached hydrogens (tertiary/aromatic N) is 3. The van der Waals surface area contributed by atoms with Crippen molar-refractivity contribution >= 4 is 62.5 Å². The standard InChI is InChI=1S/C20H21ClN6OS/c1-10(2)20(28)27-4-3-12-16(8-27)29-19-17(12)18(24-9-25-19)26-15-5-11(7-22)14(23)6-13(15)21/h5-7,9-10,22H,3-4,8,23H2,1-2H3,(H,24,25,26). The first-order valence-electron chi connectivity index (χ1n) is 9.29. The molecule has 0 radical (unpaired) electrons. The van der Waals surface area contributed by atoms with Crippen molar-refractivity contribution in [1.29, 1.82) is 5.41 Å². The molecule has 0 fully saturated rings. The lowest BCUT2D eigenvalue weighted by molar-refractivity contribution is -0.135. The van der Waals surface area contributed by atoms with Crippen LogP contribution in [-0.2, 0) is 17.8 Å². The van der Waals surface area contributed by atoms with Gasteiger partial charge >= 0.3 is 0 Å². The first kappa shape index (κ1) is 19.6. The Morgan fingerprint density at radius 1 is 1.41 bits per heavy atom. The van der Waals surface area contributed by atoms with E-state index in [1.54, 1.807) is 23.5 Å². The number of halogens is 1. The summed E-state index contributed by atoms with van der Waals surface area (Å²) in [5.74, 6) is 0.822. The second-order valence-corrected chi connectivity index (χ2v) is 8.79. The van der Waals surface area contributed by atoms with Crippen LogP contribution in [-0.4, -0.2) is 33.5 Å². The number of rotatable bonds is 4. The number of carbonyl (C=O) groups excluding carboxylic acids is 1. The van der Waals surface area contributed by atoms with Gasteiger partial charge in [-0.3, -0.25) is 4.79 Å². The summed E-state index contributed by atoms with van der Waals surface area (Å²) in [6, 6.07) is 3.36. The number of aromatic nitrogens is 2. The summed E-state index contributed by atoms with van der Waals surface area (Å²) in [5.41, 5.74) is 8.74. The first-order chi connectivity index (χ1) is 13.9. The maximum absolute atomic E-state index is 12.4. The van der Waals surface area contributed by atoms with Crippen molar-refractivity contribution in [1.82, 2.24) is 14.9 Å². The molecule has 1 aliphatic heterocycles. The van der Waals surface area contributed by atoms with Gasteiger partial charge in [-0.2, -0.15) is 0 Å². The molecule has 3 aromatic rings. The maximum atomic E-state index is 12.4. The van der Waals surface area contributed by atoms with Gasteiger partial charge in [-0.1, -0.05) is 25.4 Å². The Morgan fingerprint density at radius 2 is 2.21 bits per heavy atom. The lowest BCUT2D eigenvalue weighted by atomic mass is 10.0. The number of nitrogens with two attached hydrogens (primary N) is 1. The van der Waals surface area contributed by atoms with Crippen molar-refractivity contribution in [3.63, 3.8) is 0 Å². The van der Waals surface area contributed by atoms with Crippen molar-refractivity contribution in [3.8, 4) is 0 Å². The molecule has 29 heavy (non-hydrogen) atoms. The number of hydrogen-bond acceptors (Lipinski definition) is 7. The van der Waals surface area contributed by atoms with Crippen LogP contribution in [0.2, 0.25) is 5.02 Å². The zero-order chi connectivity index (χ0) is 20.7. The first-order valence-corrected chi connectivity index (χ1v) is 10.5. The van der Waals surface area contributed by atoms with E-state index in [2.05, 4.69) is 15.3 Å². The fourth-order valence-corrected chi connectivity index (χ4v) is 4.95. The highest BCUT2D eigenvalue weighted by Crippen LogP contribution is 2.39. The smallest absolute Gasteiger partial charge is 0.225 e. The van der Waals surface area contributed by atoms with Crippen LogP contribution in [0.5, 0.6) is 0 Å². The lowest BCUT2D eigenvalue weighted by Gasteiger charge is -2.28. The lowest BCUT2D eigenvalue weighted by Crippen LogP contribution is -2.37. The fourth-order valence-electron chi connectivity index (χ4n) is 3.53. The van der Waals surface area contributed by atoms with Crippen molar-refractivity contribution < 1.29 is 4.79 Å². The maximum Gasteiger partial charge on any atom is 0.225 e. The fraction of sp³-hybridized carbons (Fsp3) is 0.300. The van der Waals surface area contributed by atoms with Crippen molar-refractivity contribution in [2.24, 2.45) is 5.92 Å². The summed E-state index contributed by atoms with van der Waals surface area (Å²) < 4.78 is 0. The molecule has 4 N–H and O–H groups in total. The van der Waals surface area contributed by atoms with Crippen LogP contribution >= 0.6 is 22.9 Å². The molecule has 1 aliphatic rings. The van der Waals surface area contributed by atoms with Gasteiger partial charge in [0.25, 0.3) is 0 Å². The third-order valence-corrected chi connectivity index (χ3v) is 6.46. The zero-order valence-electron chi connectivity index (χ0n) is 16.1. The summed E-state index contributed by atoms with van der Waals surface area (Å²) in [7, 11) is 0. The molecule has 0 aliphatic carbocycles. The minimum Gasteiger partial charge on any atom is -0.398 e. The normalized spacial score (nSPS) is 13.6. The Bertz CT molecular complexity index is 1130. The molecule has 0 saturated carbocycles. The minimum absolute atomic E-state index is 0.0151. The van der Waals surface area contributed by atoms with Crippen LogP contribution in [0.25, 0.3) is 10.2 Å². The van der Waals surface area contributed by atoms with Gasteiger partial charge in [0, 0.05) is 34.8 Å². The molecule has 2 aromatic heterocycles. The predicted molar refractivity (Wildman–Crippen MR) is 118 cm³/mol. The summed E-state index contributed by atoms with van der Waals surface area (Å²) >= 11 is 7.96. The highest BCUT2D eigenvalue weighted by Gasteiger charge is 2.27. The van der Waals surface area contributed by atoms with E-state index in [1.165, 1.54) is 18.1 Å². The van der Waals surface area contributed by atoms with Crippen molar-refractivity contribution in [2.45, 2.75) is 26.8 Å². The quantitative estimate of drug-likeness (QED) is 0.426. The van der Waals surface area contributed by atoms with Crippen molar-refractivity contribution in [2.75, 3.05) is 17.6 Å². The Balaban J connectivity index is 1.73. The highest BCUT2D eigenvalue weighted by atomic mass is 35.5. The third-order valence-electron chi connectivity index (χ3n) is 5.02. The largest absolute Gasteiger partial charge is 0.398 e. The van der Waals surface area contributed by atoms with E-state index >= 15 is 0 Å². The van der Waals surface area contributed by atoms with Gasteiger partial charge in [0.15, 0.2) is 0 Å². The van der Waals surface area contributed by atoms with Crippen LogP contribution in [0.3, 0.4) is 0 Å². The van der Waals surface area contributed by atoms with E-state index in [-0.39, 0.29) is 11.8 Å². The van der Waals surface area contributed by atoms with Gasteiger partial charge in [0.1, 0.15) is 17.0 Å². The van der Waals surface area contributed by atoms with E-state index in [9.17, 15) is 4.79 Å². The SMILES string of the molecule is CC(C)C(=O)N1CCc2c(sc3ncnc(Nc4cc(C=N)c(N)cc4Cl)c23)C1. The summed E-state index contributed by atoms with van der Waals surface area (Å²) in [5, 5.41) is 12.2. The number of fused-ring (bicyclic) bond motifs is 3. The number of nitrogens with one attached hydrogen (secondary N) is 2. The van der Waals surface area contributed by atoms with Gasteiger partial charge in [-0.15, -0.1) is 11.3 Å². The van der Waals surface area contributed by atoms with E-state index in [0.717, 1.165) is 21.5 Å². The van der Waals surface area contributed by atoms with E-state index in [1.807, 2.05) is 18.7 Å². The minimum atomic E-state index is -0.0151. The molecule has 9 heteroatoms. The van der Waals surface area contributed by atoms with Crippen LogP contribution < -0.4 is 11.1 Å². The molecule has 0 saturated heterocycles. The molecule has 4 rings (SSSR count). The van der Waals surface area contributed by atoms with Gasteiger partial charge in [0.2, 0.25) is 5.91 Å². The van der Waals surface area contributed by atoms with Gasteiger partial charge in [-0.05, 0) is 24.1 Å². The van der Waals surface area contributed by atoms with Gasteiger partial charge in [0.05, 0.1) is 22.6 Å². The molecule has 1 amide bonds. The molecule has 7 nitrogen and oxygen atoms in total. The second-order valence-electron chi connectivity index (χ2n) is 7.30. The highest BCUT2D eigenvalue weighted by molar-refractivity contribution is 7.19. The predicted octanol–water partition coefficient (Wildman–Crippen LogP) is 4.21. The third kappa shape index (κ3) is 3.54. The number of hydrogen-bond donors (Lipinski definition) is 3. The average molecular weight is 429 g/mol. The molecule has 3 heterocycles. The number of nitrogen functional groups attached to an aromatic ring is 1. The van der Waals surface area contributed by atoms with E-state index in [4.69, 9.17) is 22.7 Å². The van der Waals surface area contributed by atoms with Crippen LogP contribution in [0.1, 0.15) is 29.9 Å². The van der Waals surface area contributed by atoms with Gasteiger partial charge < -0.3 is 21.4 Å². The molecule has 0 spiro atoms. The number of benzene rings is 1. The Morgan fingerprint density at radius 3 is 2.93 bits per heavy atom. The molecule has 0 atom stereocenters. The zero-order valence-corrected chi connectivity index (χ0v) is 17.7. The second kappa shape index (κ2) is 7.61. The Hall–Kier alpha value is -2.71. The summed E-state index contributed by atoms with van der Waals surface area (Å²) in [6.45, 7) is 5.14. The van der Waals surface area contributed by atoms with E-state index < -0.39 is 0 Å². The Labute approximate surface area is 177 Å². The molecule has 150 valence electrons. The van der Waals surface area contributed by atoms with Crippen LogP contribution in [0.15, 0.2) is 18.5 Å². The monoisotopic (exact) mass is 428 g/mol. The molecular weight excluding hydrogens is 408 g/mol. The number of thiophene rings is 1. The molecule has 0 bridgehead atoms.